The van der Waals surface area contributed by atoms with Gasteiger partial charge in [0, 0.05) is 16.4 Å². The number of fused-ring (bicyclic) bond motifs is 1. The molecule has 0 radical (unpaired) electrons. The zero-order chi connectivity index (χ0) is 18.1. The highest BCUT2D eigenvalue weighted by Gasteiger charge is 2.42. The van der Waals surface area contributed by atoms with Crippen LogP contribution in [0, 0.1) is 0 Å². The van der Waals surface area contributed by atoms with Crippen LogP contribution in [0.5, 0.6) is 0 Å². The molecule has 24 heavy (non-hydrogen) atoms. The van der Waals surface area contributed by atoms with E-state index in [0.29, 0.717) is 5.57 Å². The third-order valence-corrected chi connectivity index (χ3v) is 4.73. The van der Waals surface area contributed by atoms with E-state index in [2.05, 4.69) is 15.4 Å². The topological polar surface area (TPSA) is 93.7 Å². The molecule has 2 aliphatic heterocycles. The molecular weight excluding hydrogens is 332 g/mol. The lowest BCUT2D eigenvalue weighted by atomic mass is 9.98. The fourth-order valence-electron chi connectivity index (χ4n) is 2.41. The second-order valence-corrected chi connectivity index (χ2v) is 8.04. The second kappa shape index (κ2) is 6.88. The summed E-state index contributed by atoms with van der Waals surface area (Å²) in [5, 5.41) is 5.37. The van der Waals surface area contributed by atoms with Crippen molar-refractivity contribution in [2.24, 2.45) is 0 Å². The molecule has 1 saturated heterocycles. The molecule has 2 rings (SSSR count). The molecule has 1 fully saturated rings. The lowest BCUT2D eigenvalue weighted by molar-refractivity contribution is -0.135. The van der Waals surface area contributed by atoms with Crippen molar-refractivity contribution in [2.75, 3.05) is 7.11 Å². The number of Topliss-reactive ketones (excluding diaryl/α,β-unsaturated/α-hetero) is 1. The SMILES string of the molecule is COC(=O)C1=CNC2C(=O)[C@@H](NC(=O)OC(C)(C)C)[C@@H](C)SC2=C1. The minimum absolute atomic E-state index is 0.168. The average Bonchev–Trinajstić information content (AvgIpc) is 2.48. The number of hydrogen-bond acceptors (Lipinski definition) is 7. The number of carbonyl (C=O) groups is 3. The molecule has 0 aromatic rings. The van der Waals surface area contributed by atoms with Crippen LogP contribution in [0.3, 0.4) is 0 Å². The molecule has 132 valence electrons. The number of thioether (sulfide) groups is 1. The van der Waals surface area contributed by atoms with Gasteiger partial charge in [0.1, 0.15) is 17.7 Å². The van der Waals surface area contributed by atoms with Crippen molar-refractivity contribution in [3.05, 3.63) is 22.8 Å². The number of carbonyl (C=O) groups excluding carboxylic acids is 3. The monoisotopic (exact) mass is 354 g/mol. The van der Waals surface area contributed by atoms with Gasteiger partial charge in [0.25, 0.3) is 0 Å². The summed E-state index contributed by atoms with van der Waals surface area (Å²) >= 11 is 1.43. The molecule has 0 aliphatic carbocycles. The highest BCUT2D eigenvalue weighted by molar-refractivity contribution is 8.04. The van der Waals surface area contributed by atoms with Crippen molar-refractivity contribution < 1.29 is 23.9 Å². The van der Waals surface area contributed by atoms with Gasteiger partial charge in [-0.1, -0.05) is 6.92 Å². The van der Waals surface area contributed by atoms with Gasteiger partial charge in [-0.15, -0.1) is 11.8 Å². The number of ether oxygens (including phenoxy) is 2. The first-order valence-electron chi connectivity index (χ1n) is 7.58. The van der Waals surface area contributed by atoms with Crippen molar-refractivity contribution in [1.82, 2.24) is 10.6 Å². The standard InChI is InChI=1S/C16H22N2O5S/c1-8-11(18-15(21)23-16(2,3)4)13(19)12-10(24-8)6-9(7-17-12)14(20)22-5/h6-8,11-12,17H,1-5H3,(H,18,21)/t8-,11+,12?/m1/s1. The summed E-state index contributed by atoms with van der Waals surface area (Å²) in [6.07, 6.45) is 2.48. The zero-order valence-electron chi connectivity index (χ0n) is 14.3. The van der Waals surface area contributed by atoms with Crippen molar-refractivity contribution >= 4 is 29.6 Å². The Morgan fingerprint density at radius 1 is 1.33 bits per heavy atom. The van der Waals surface area contributed by atoms with Crippen LogP contribution in [-0.4, -0.2) is 47.9 Å². The predicted molar refractivity (Wildman–Crippen MR) is 90.3 cm³/mol. The first-order chi connectivity index (χ1) is 11.1. The average molecular weight is 354 g/mol. The lowest BCUT2D eigenvalue weighted by Crippen LogP contribution is -2.57. The maximum atomic E-state index is 12.7. The first kappa shape index (κ1) is 18.4. The fraction of sp³-hybridized carbons (Fsp3) is 0.562. The normalized spacial score (nSPS) is 26.4. The Morgan fingerprint density at radius 2 is 2.00 bits per heavy atom. The largest absolute Gasteiger partial charge is 0.465 e. The number of hydrogen-bond donors (Lipinski definition) is 2. The number of dihydropyridines is 1. The molecule has 2 N–H and O–H groups in total. The van der Waals surface area contributed by atoms with Crippen LogP contribution in [0.4, 0.5) is 4.79 Å². The van der Waals surface area contributed by atoms with Crippen molar-refractivity contribution in [3.63, 3.8) is 0 Å². The Kier molecular flexibility index (Phi) is 5.27. The molecule has 2 heterocycles. The van der Waals surface area contributed by atoms with Gasteiger partial charge >= 0.3 is 12.1 Å². The molecule has 1 unspecified atom stereocenters. The molecule has 7 nitrogen and oxygen atoms in total. The van der Waals surface area contributed by atoms with Crippen LogP contribution < -0.4 is 10.6 Å². The minimum atomic E-state index is -0.674. The third-order valence-electron chi connectivity index (χ3n) is 3.46. The maximum Gasteiger partial charge on any atom is 0.408 e. The Hall–Kier alpha value is -1.96. The number of methoxy groups -OCH3 is 1. The molecule has 2 aliphatic rings. The van der Waals surface area contributed by atoms with Gasteiger partial charge in [-0.3, -0.25) is 4.79 Å². The maximum absolute atomic E-state index is 12.7. The molecule has 0 bridgehead atoms. The Morgan fingerprint density at radius 3 is 2.58 bits per heavy atom. The Balaban J connectivity index is 2.10. The fourth-order valence-corrected chi connectivity index (χ4v) is 3.69. The summed E-state index contributed by atoms with van der Waals surface area (Å²) < 4.78 is 9.90. The Labute approximate surface area is 145 Å². The van der Waals surface area contributed by atoms with Crippen LogP contribution in [-0.2, 0) is 19.1 Å². The first-order valence-corrected chi connectivity index (χ1v) is 8.46. The van der Waals surface area contributed by atoms with E-state index in [1.165, 1.54) is 25.1 Å². The molecule has 3 atom stereocenters. The van der Waals surface area contributed by atoms with Gasteiger partial charge < -0.3 is 20.1 Å². The van der Waals surface area contributed by atoms with Gasteiger partial charge in [0.2, 0.25) is 0 Å². The number of nitrogens with one attached hydrogen (secondary N) is 2. The zero-order valence-corrected chi connectivity index (χ0v) is 15.2. The number of esters is 1. The quantitative estimate of drug-likeness (QED) is 0.726. The van der Waals surface area contributed by atoms with E-state index in [4.69, 9.17) is 4.74 Å². The van der Waals surface area contributed by atoms with Gasteiger partial charge in [-0.25, -0.2) is 9.59 Å². The van der Waals surface area contributed by atoms with E-state index < -0.39 is 29.7 Å². The predicted octanol–water partition coefficient (Wildman–Crippen LogP) is 1.50. The van der Waals surface area contributed by atoms with Gasteiger partial charge in [-0.05, 0) is 26.8 Å². The lowest BCUT2D eigenvalue weighted by Gasteiger charge is -2.36. The van der Waals surface area contributed by atoms with E-state index in [1.54, 1.807) is 26.8 Å². The molecule has 1 amide bonds. The van der Waals surface area contributed by atoms with Crippen molar-refractivity contribution in [2.45, 2.75) is 50.6 Å². The van der Waals surface area contributed by atoms with Gasteiger partial charge in [0.15, 0.2) is 5.78 Å². The summed E-state index contributed by atoms with van der Waals surface area (Å²) in [5.74, 6) is -0.637. The molecule has 0 aromatic heterocycles. The van der Waals surface area contributed by atoms with E-state index >= 15 is 0 Å². The highest BCUT2D eigenvalue weighted by atomic mass is 32.2. The van der Waals surface area contributed by atoms with Crippen LogP contribution >= 0.6 is 11.8 Å². The van der Waals surface area contributed by atoms with Crippen molar-refractivity contribution in [1.29, 1.82) is 0 Å². The second-order valence-electron chi connectivity index (χ2n) is 6.59. The molecule has 0 spiro atoms. The number of alkyl carbamates (subject to hydrolysis) is 1. The van der Waals surface area contributed by atoms with E-state index in [0.717, 1.165) is 4.91 Å². The third kappa shape index (κ3) is 4.11. The van der Waals surface area contributed by atoms with Crippen LogP contribution in [0.1, 0.15) is 27.7 Å². The molecule has 0 saturated carbocycles. The van der Waals surface area contributed by atoms with Crippen LogP contribution in [0.25, 0.3) is 0 Å². The van der Waals surface area contributed by atoms with E-state index in [9.17, 15) is 14.4 Å². The van der Waals surface area contributed by atoms with Gasteiger partial charge in [-0.2, -0.15) is 0 Å². The highest BCUT2D eigenvalue weighted by Crippen LogP contribution is 2.36. The van der Waals surface area contributed by atoms with Crippen molar-refractivity contribution in [3.8, 4) is 0 Å². The van der Waals surface area contributed by atoms with Crippen LogP contribution in [0.15, 0.2) is 22.8 Å². The smallest absolute Gasteiger partial charge is 0.408 e. The Bertz CT molecular complexity index is 620. The molecular formula is C16H22N2O5S. The summed E-state index contributed by atoms with van der Waals surface area (Å²) in [6, 6.07) is -1.26. The summed E-state index contributed by atoms with van der Waals surface area (Å²) in [6.45, 7) is 7.13. The van der Waals surface area contributed by atoms with E-state index in [-0.39, 0.29) is 11.0 Å². The van der Waals surface area contributed by atoms with Gasteiger partial charge in [0.05, 0.1) is 12.7 Å². The number of amides is 1. The summed E-state index contributed by atoms with van der Waals surface area (Å²) in [7, 11) is 1.30. The summed E-state index contributed by atoms with van der Waals surface area (Å²) in [5.41, 5.74) is -0.278. The van der Waals surface area contributed by atoms with E-state index in [1.807, 2.05) is 6.92 Å². The minimum Gasteiger partial charge on any atom is -0.465 e. The molecule has 8 heteroatoms. The number of ketones is 1. The molecule has 0 aromatic carbocycles. The number of rotatable bonds is 2. The van der Waals surface area contributed by atoms with Crippen LogP contribution in [0.2, 0.25) is 0 Å². The summed E-state index contributed by atoms with van der Waals surface area (Å²) in [4.78, 5) is 37.0.